The zero-order chi connectivity index (χ0) is 19.6. The maximum Gasteiger partial charge on any atom is 0.253 e. The van der Waals surface area contributed by atoms with E-state index in [1.165, 1.54) is 17.5 Å². The third kappa shape index (κ3) is 3.76. The Morgan fingerprint density at radius 3 is 2.62 bits per heavy atom. The van der Waals surface area contributed by atoms with Crippen molar-refractivity contribution in [2.75, 3.05) is 32.8 Å². The standard InChI is InChI=1S/C23H23N3O3/c27-23(19-4-2-18(3-5-19)22-14-24-16-29-22)26-10-8-25(9-11-26)15-17-1-6-21-20(13-17)7-12-28-21/h1-6,13-14,16H,7-12,15H2. The number of hydrogen-bond donors (Lipinski definition) is 0. The lowest BCUT2D eigenvalue weighted by Gasteiger charge is -2.34. The number of nitrogens with zero attached hydrogens (tertiary/aromatic N) is 3. The van der Waals surface area contributed by atoms with Crippen molar-refractivity contribution in [3.63, 3.8) is 0 Å². The molecule has 6 nitrogen and oxygen atoms in total. The highest BCUT2D eigenvalue weighted by Crippen LogP contribution is 2.26. The quantitative estimate of drug-likeness (QED) is 0.686. The maximum atomic E-state index is 12.8. The van der Waals surface area contributed by atoms with Crippen molar-refractivity contribution in [1.82, 2.24) is 14.8 Å². The molecule has 0 spiro atoms. The lowest BCUT2D eigenvalue weighted by atomic mass is 10.1. The van der Waals surface area contributed by atoms with Crippen molar-refractivity contribution in [3.8, 4) is 17.1 Å². The second kappa shape index (κ2) is 7.72. The van der Waals surface area contributed by atoms with Crippen molar-refractivity contribution in [1.29, 1.82) is 0 Å². The fraction of sp³-hybridized carbons (Fsp3) is 0.304. The number of rotatable bonds is 4. The molecule has 1 aromatic heterocycles. The van der Waals surface area contributed by atoms with E-state index in [4.69, 9.17) is 9.15 Å². The highest BCUT2D eigenvalue weighted by molar-refractivity contribution is 5.94. The third-order valence-corrected chi connectivity index (χ3v) is 5.67. The minimum absolute atomic E-state index is 0.0865. The summed E-state index contributed by atoms with van der Waals surface area (Å²) in [6, 6.07) is 14.0. The number of benzene rings is 2. The molecule has 0 atom stereocenters. The first-order valence-corrected chi connectivity index (χ1v) is 10.0. The SMILES string of the molecule is O=C(c1ccc(-c2cnco2)cc1)N1CCN(Cc2ccc3c(c2)CCO3)CC1. The Morgan fingerprint density at radius 1 is 1.03 bits per heavy atom. The van der Waals surface area contributed by atoms with Crippen molar-refractivity contribution in [2.45, 2.75) is 13.0 Å². The minimum Gasteiger partial charge on any atom is -0.493 e. The minimum atomic E-state index is 0.0865. The summed E-state index contributed by atoms with van der Waals surface area (Å²) in [6.45, 7) is 4.97. The van der Waals surface area contributed by atoms with Gasteiger partial charge in [0.15, 0.2) is 12.2 Å². The monoisotopic (exact) mass is 389 g/mol. The summed E-state index contributed by atoms with van der Waals surface area (Å²) in [6.07, 6.45) is 4.08. The summed E-state index contributed by atoms with van der Waals surface area (Å²) in [5.41, 5.74) is 4.26. The summed E-state index contributed by atoms with van der Waals surface area (Å²) in [5, 5.41) is 0. The average Bonchev–Trinajstić information content (AvgIpc) is 3.46. The molecule has 29 heavy (non-hydrogen) atoms. The van der Waals surface area contributed by atoms with Gasteiger partial charge in [-0.25, -0.2) is 4.98 Å². The average molecular weight is 389 g/mol. The van der Waals surface area contributed by atoms with Gasteiger partial charge in [0, 0.05) is 50.3 Å². The Hall–Kier alpha value is -3.12. The second-order valence-electron chi connectivity index (χ2n) is 7.55. The van der Waals surface area contributed by atoms with Crippen LogP contribution in [-0.4, -0.2) is 53.5 Å². The maximum absolute atomic E-state index is 12.8. The lowest BCUT2D eigenvalue weighted by Crippen LogP contribution is -2.48. The fourth-order valence-corrected chi connectivity index (χ4v) is 4.02. The Bertz CT molecular complexity index is 991. The molecule has 0 unspecified atom stereocenters. The van der Waals surface area contributed by atoms with E-state index in [9.17, 15) is 4.79 Å². The van der Waals surface area contributed by atoms with Gasteiger partial charge in [-0.15, -0.1) is 0 Å². The van der Waals surface area contributed by atoms with Gasteiger partial charge in [-0.1, -0.05) is 24.3 Å². The molecular formula is C23H23N3O3. The Morgan fingerprint density at radius 2 is 1.86 bits per heavy atom. The number of piperazine rings is 1. The molecule has 0 saturated carbocycles. The van der Waals surface area contributed by atoms with Crippen LogP contribution in [0.25, 0.3) is 11.3 Å². The van der Waals surface area contributed by atoms with E-state index in [0.29, 0.717) is 11.3 Å². The molecule has 0 radical (unpaired) electrons. The highest BCUT2D eigenvalue weighted by atomic mass is 16.5. The molecule has 1 amide bonds. The molecule has 6 heteroatoms. The molecule has 148 valence electrons. The number of hydrogen-bond acceptors (Lipinski definition) is 5. The Labute approximate surface area is 169 Å². The number of oxazole rings is 1. The lowest BCUT2D eigenvalue weighted by molar-refractivity contribution is 0.0628. The van der Waals surface area contributed by atoms with Gasteiger partial charge < -0.3 is 14.1 Å². The third-order valence-electron chi connectivity index (χ3n) is 5.67. The topological polar surface area (TPSA) is 58.8 Å². The van der Waals surface area contributed by atoms with Crippen LogP contribution in [-0.2, 0) is 13.0 Å². The number of fused-ring (bicyclic) bond motifs is 1. The highest BCUT2D eigenvalue weighted by Gasteiger charge is 2.23. The molecule has 0 N–H and O–H groups in total. The van der Waals surface area contributed by atoms with Gasteiger partial charge in [-0.05, 0) is 29.3 Å². The van der Waals surface area contributed by atoms with E-state index in [2.05, 4.69) is 28.1 Å². The zero-order valence-corrected chi connectivity index (χ0v) is 16.2. The first-order chi connectivity index (χ1) is 14.3. The number of carbonyl (C=O) groups is 1. The summed E-state index contributed by atoms with van der Waals surface area (Å²) >= 11 is 0. The van der Waals surface area contributed by atoms with Crippen LogP contribution in [0.3, 0.4) is 0 Å². The normalized spacial score (nSPS) is 16.5. The molecule has 5 rings (SSSR count). The summed E-state index contributed by atoms with van der Waals surface area (Å²) in [4.78, 5) is 21.1. The number of ether oxygens (including phenoxy) is 1. The van der Waals surface area contributed by atoms with E-state index < -0.39 is 0 Å². The molecule has 3 heterocycles. The van der Waals surface area contributed by atoms with Crippen LogP contribution in [0.2, 0.25) is 0 Å². The number of aromatic nitrogens is 1. The predicted molar refractivity (Wildman–Crippen MR) is 109 cm³/mol. The predicted octanol–water partition coefficient (Wildman–Crippen LogP) is 3.23. The molecule has 2 aliphatic rings. The van der Waals surface area contributed by atoms with Crippen molar-refractivity contribution < 1.29 is 13.9 Å². The fourth-order valence-electron chi connectivity index (χ4n) is 4.02. The van der Waals surface area contributed by atoms with Crippen LogP contribution in [0.5, 0.6) is 5.75 Å². The van der Waals surface area contributed by atoms with Crippen molar-refractivity contribution in [3.05, 3.63) is 71.7 Å². The van der Waals surface area contributed by atoms with Gasteiger partial charge in [-0.2, -0.15) is 0 Å². The summed E-state index contributed by atoms with van der Waals surface area (Å²) in [5.74, 6) is 1.82. The molecule has 3 aromatic rings. The first kappa shape index (κ1) is 17.9. The largest absolute Gasteiger partial charge is 0.493 e. The molecule has 0 aliphatic carbocycles. The van der Waals surface area contributed by atoms with E-state index in [1.807, 2.05) is 29.2 Å². The first-order valence-electron chi connectivity index (χ1n) is 10.0. The van der Waals surface area contributed by atoms with Gasteiger partial charge in [0.1, 0.15) is 5.75 Å². The molecule has 1 saturated heterocycles. The van der Waals surface area contributed by atoms with Crippen LogP contribution in [0.1, 0.15) is 21.5 Å². The van der Waals surface area contributed by atoms with Gasteiger partial charge in [0.25, 0.3) is 5.91 Å². The van der Waals surface area contributed by atoms with E-state index in [-0.39, 0.29) is 5.91 Å². The van der Waals surface area contributed by atoms with Crippen LogP contribution >= 0.6 is 0 Å². The second-order valence-corrected chi connectivity index (χ2v) is 7.55. The van der Waals surface area contributed by atoms with E-state index in [0.717, 1.165) is 57.1 Å². The van der Waals surface area contributed by atoms with Gasteiger partial charge >= 0.3 is 0 Å². The number of amides is 1. The molecule has 0 bridgehead atoms. The van der Waals surface area contributed by atoms with Gasteiger partial charge in [0.05, 0.1) is 12.8 Å². The molecular weight excluding hydrogens is 366 g/mol. The van der Waals surface area contributed by atoms with Crippen LogP contribution in [0.4, 0.5) is 0 Å². The Kier molecular flexibility index (Phi) is 4.77. The summed E-state index contributed by atoms with van der Waals surface area (Å²) < 4.78 is 10.9. The van der Waals surface area contributed by atoms with Crippen LogP contribution < -0.4 is 4.74 Å². The molecule has 2 aromatic carbocycles. The molecule has 2 aliphatic heterocycles. The summed E-state index contributed by atoms with van der Waals surface area (Å²) in [7, 11) is 0. The smallest absolute Gasteiger partial charge is 0.253 e. The van der Waals surface area contributed by atoms with Gasteiger partial charge in [0.2, 0.25) is 0 Å². The van der Waals surface area contributed by atoms with Crippen molar-refractivity contribution in [2.24, 2.45) is 0 Å². The van der Waals surface area contributed by atoms with Crippen LogP contribution in [0, 0.1) is 0 Å². The zero-order valence-electron chi connectivity index (χ0n) is 16.2. The van der Waals surface area contributed by atoms with E-state index >= 15 is 0 Å². The van der Waals surface area contributed by atoms with Gasteiger partial charge in [-0.3, -0.25) is 9.69 Å². The molecule has 1 fully saturated rings. The van der Waals surface area contributed by atoms with Crippen molar-refractivity contribution >= 4 is 5.91 Å². The number of carbonyl (C=O) groups excluding carboxylic acids is 1. The Balaban J connectivity index is 1.17. The van der Waals surface area contributed by atoms with E-state index in [1.54, 1.807) is 6.20 Å². The van der Waals surface area contributed by atoms with Crippen LogP contribution in [0.15, 0.2) is 59.5 Å².